The first-order valence-corrected chi connectivity index (χ1v) is 6.17. The van der Waals surface area contributed by atoms with Gasteiger partial charge in [-0.25, -0.2) is 0 Å². The minimum atomic E-state index is -4.48. The zero-order valence-corrected chi connectivity index (χ0v) is 11.5. The van der Waals surface area contributed by atoms with Crippen molar-refractivity contribution in [2.24, 2.45) is 0 Å². The summed E-state index contributed by atoms with van der Waals surface area (Å²) in [6, 6.07) is 10.0. The molecule has 2 rings (SSSR count). The van der Waals surface area contributed by atoms with Crippen LogP contribution in [0.5, 0.6) is 11.5 Å². The molecule has 0 atom stereocenters. The average Bonchev–Trinajstić information content (AvgIpc) is 2.41. The Labute approximate surface area is 120 Å². The number of nitriles is 1. The number of hydrogen-bond acceptors (Lipinski definition) is 2. The average molecular weight is 291 g/mol. The van der Waals surface area contributed by atoms with Crippen LogP contribution in [0.4, 0.5) is 13.2 Å². The van der Waals surface area contributed by atoms with Gasteiger partial charge in [0.05, 0.1) is 11.1 Å². The van der Waals surface area contributed by atoms with Gasteiger partial charge in [0.2, 0.25) is 0 Å². The predicted octanol–water partition coefficient (Wildman–Crippen LogP) is 4.99. The second-order valence-corrected chi connectivity index (χ2v) is 4.69. The summed E-state index contributed by atoms with van der Waals surface area (Å²) < 4.78 is 43.4. The Balaban J connectivity index is 2.39. The molecule has 0 heterocycles. The molecule has 0 aromatic heterocycles. The maximum atomic E-state index is 12.6. The molecule has 5 heteroatoms. The summed E-state index contributed by atoms with van der Waals surface area (Å²) in [5, 5.41) is 9.00. The fraction of sp³-hybridized carbons (Fsp3) is 0.188. The lowest BCUT2D eigenvalue weighted by Gasteiger charge is -2.12. The first-order chi connectivity index (χ1) is 9.81. The summed E-state index contributed by atoms with van der Waals surface area (Å²) in [5.41, 5.74) is 0.878. The molecule has 108 valence electrons. The van der Waals surface area contributed by atoms with Crippen LogP contribution in [0.25, 0.3) is 0 Å². The van der Waals surface area contributed by atoms with Crippen LogP contribution in [-0.4, -0.2) is 0 Å². The quantitative estimate of drug-likeness (QED) is 0.781. The van der Waals surface area contributed by atoms with Crippen LogP contribution in [0, 0.1) is 25.2 Å². The van der Waals surface area contributed by atoms with Crippen LogP contribution in [-0.2, 0) is 6.18 Å². The van der Waals surface area contributed by atoms with E-state index in [1.807, 2.05) is 26.0 Å². The molecule has 0 spiro atoms. The molecule has 2 aromatic rings. The van der Waals surface area contributed by atoms with E-state index in [0.717, 1.165) is 23.3 Å². The molecule has 0 aliphatic heterocycles. The lowest BCUT2D eigenvalue weighted by atomic mass is 10.1. The zero-order valence-electron chi connectivity index (χ0n) is 11.5. The minimum absolute atomic E-state index is 0.109. The van der Waals surface area contributed by atoms with E-state index in [0.29, 0.717) is 5.75 Å². The van der Waals surface area contributed by atoms with Crippen LogP contribution < -0.4 is 4.74 Å². The highest BCUT2D eigenvalue weighted by atomic mass is 19.4. The molecular formula is C16H12F3NO. The molecule has 0 aliphatic rings. The summed E-state index contributed by atoms with van der Waals surface area (Å²) in [5.74, 6) is 0.620. The van der Waals surface area contributed by atoms with Gasteiger partial charge in [0.1, 0.15) is 17.6 Å². The highest BCUT2D eigenvalue weighted by Crippen LogP contribution is 2.34. The van der Waals surface area contributed by atoms with E-state index in [2.05, 4.69) is 0 Å². The summed E-state index contributed by atoms with van der Waals surface area (Å²) in [6.45, 7) is 3.76. The Bertz CT molecular complexity index is 714. The summed E-state index contributed by atoms with van der Waals surface area (Å²) >= 11 is 0. The Morgan fingerprint density at radius 3 is 2.24 bits per heavy atom. The fourth-order valence-corrected chi connectivity index (χ4v) is 1.91. The second kappa shape index (κ2) is 5.49. The van der Waals surface area contributed by atoms with Gasteiger partial charge in [0.15, 0.2) is 0 Å². The molecule has 0 saturated carbocycles. The molecule has 0 amide bonds. The number of nitrogens with zero attached hydrogens (tertiary/aromatic N) is 1. The normalized spacial score (nSPS) is 11.0. The third-order valence-corrected chi connectivity index (χ3v) is 2.98. The van der Waals surface area contributed by atoms with E-state index in [9.17, 15) is 13.2 Å². The van der Waals surface area contributed by atoms with Crippen molar-refractivity contribution in [1.29, 1.82) is 5.26 Å². The van der Waals surface area contributed by atoms with E-state index in [1.165, 1.54) is 6.07 Å². The van der Waals surface area contributed by atoms with Gasteiger partial charge in [-0.2, -0.15) is 18.4 Å². The van der Waals surface area contributed by atoms with Gasteiger partial charge in [-0.15, -0.1) is 0 Å². The van der Waals surface area contributed by atoms with Crippen LogP contribution in [0.1, 0.15) is 22.3 Å². The number of halogens is 3. The second-order valence-electron chi connectivity index (χ2n) is 4.69. The molecule has 0 saturated heterocycles. The first kappa shape index (κ1) is 14.9. The molecule has 0 bridgehead atoms. The number of alkyl halides is 3. The van der Waals surface area contributed by atoms with Gasteiger partial charge in [0.25, 0.3) is 0 Å². The fourth-order valence-electron chi connectivity index (χ4n) is 1.91. The number of hydrogen-bond donors (Lipinski definition) is 0. The maximum absolute atomic E-state index is 12.6. The van der Waals surface area contributed by atoms with Crippen molar-refractivity contribution in [3.05, 3.63) is 58.7 Å². The number of aryl methyl sites for hydroxylation is 2. The zero-order chi connectivity index (χ0) is 15.6. The molecule has 0 fully saturated rings. The van der Waals surface area contributed by atoms with Crippen molar-refractivity contribution < 1.29 is 17.9 Å². The van der Waals surface area contributed by atoms with Gasteiger partial charge in [-0.05, 0) is 43.7 Å². The van der Waals surface area contributed by atoms with Crippen molar-refractivity contribution in [2.45, 2.75) is 20.0 Å². The van der Waals surface area contributed by atoms with E-state index in [4.69, 9.17) is 10.00 Å². The smallest absolute Gasteiger partial charge is 0.416 e. The Hall–Kier alpha value is -2.48. The van der Waals surface area contributed by atoms with Crippen molar-refractivity contribution >= 4 is 0 Å². The molecule has 0 radical (unpaired) electrons. The predicted molar refractivity (Wildman–Crippen MR) is 72.1 cm³/mol. The highest BCUT2D eigenvalue weighted by molar-refractivity contribution is 5.49. The van der Waals surface area contributed by atoms with Crippen molar-refractivity contribution in [1.82, 2.24) is 0 Å². The van der Waals surface area contributed by atoms with Gasteiger partial charge in [-0.3, -0.25) is 0 Å². The van der Waals surface area contributed by atoms with E-state index in [-0.39, 0.29) is 11.3 Å². The topological polar surface area (TPSA) is 33.0 Å². The van der Waals surface area contributed by atoms with Gasteiger partial charge >= 0.3 is 6.18 Å². The number of rotatable bonds is 2. The highest BCUT2D eigenvalue weighted by Gasteiger charge is 2.31. The lowest BCUT2D eigenvalue weighted by Crippen LogP contribution is -2.05. The molecule has 21 heavy (non-hydrogen) atoms. The minimum Gasteiger partial charge on any atom is -0.456 e. The van der Waals surface area contributed by atoms with Crippen molar-refractivity contribution in [3.8, 4) is 17.6 Å². The Morgan fingerprint density at radius 1 is 1.00 bits per heavy atom. The van der Waals surface area contributed by atoms with Crippen LogP contribution in [0.3, 0.4) is 0 Å². The molecular weight excluding hydrogens is 279 g/mol. The van der Waals surface area contributed by atoms with Crippen LogP contribution in [0.15, 0.2) is 36.4 Å². The van der Waals surface area contributed by atoms with Crippen LogP contribution >= 0.6 is 0 Å². The summed E-state index contributed by atoms with van der Waals surface area (Å²) in [6.07, 6.45) is -4.48. The Kier molecular flexibility index (Phi) is 3.90. The summed E-state index contributed by atoms with van der Waals surface area (Å²) in [4.78, 5) is 0. The first-order valence-electron chi connectivity index (χ1n) is 6.17. The third-order valence-electron chi connectivity index (χ3n) is 2.98. The standard InChI is InChI=1S/C16H12F3NO/c1-10-3-5-14(11(2)7-10)21-15-6-4-13(16(17,18)19)8-12(15)9-20/h3-8H,1-2H3. The molecule has 2 nitrogen and oxygen atoms in total. The SMILES string of the molecule is Cc1ccc(Oc2ccc(C(F)(F)F)cc2C#N)c(C)c1. The van der Waals surface area contributed by atoms with Crippen molar-refractivity contribution in [3.63, 3.8) is 0 Å². The molecule has 2 aromatic carbocycles. The van der Waals surface area contributed by atoms with Gasteiger partial charge < -0.3 is 4.74 Å². The van der Waals surface area contributed by atoms with Gasteiger partial charge in [0, 0.05) is 0 Å². The maximum Gasteiger partial charge on any atom is 0.416 e. The lowest BCUT2D eigenvalue weighted by molar-refractivity contribution is -0.137. The monoisotopic (exact) mass is 291 g/mol. The van der Waals surface area contributed by atoms with Crippen LogP contribution in [0.2, 0.25) is 0 Å². The Morgan fingerprint density at radius 2 is 1.67 bits per heavy atom. The largest absolute Gasteiger partial charge is 0.456 e. The van der Waals surface area contributed by atoms with Gasteiger partial charge in [-0.1, -0.05) is 17.7 Å². The molecule has 0 N–H and O–H groups in total. The van der Waals surface area contributed by atoms with E-state index in [1.54, 1.807) is 12.1 Å². The molecule has 0 unspecified atom stereocenters. The number of ether oxygens (including phenoxy) is 1. The van der Waals surface area contributed by atoms with E-state index < -0.39 is 11.7 Å². The third kappa shape index (κ3) is 3.34. The molecule has 0 aliphatic carbocycles. The number of benzene rings is 2. The van der Waals surface area contributed by atoms with E-state index >= 15 is 0 Å². The van der Waals surface area contributed by atoms with Crippen molar-refractivity contribution in [2.75, 3.05) is 0 Å². The summed E-state index contributed by atoms with van der Waals surface area (Å²) in [7, 11) is 0.